The number of carbonyl (C=O) groups excluding carboxylic acids is 2. The Hall–Kier alpha value is -0.700. The molecule has 0 saturated heterocycles. The van der Waals surface area contributed by atoms with E-state index in [2.05, 4.69) is 0 Å². The fraction of sp³-hybridized carbons (Fsp3) is 0.818. The monoisotopic (exact) mass is 199 g/mol. The normalized spacial score (nSPS) is 13.4. The average molecular weight is 199 g/mol. The van der Waals surface area contributed by atoms with Crippen LogP contribution in [-0.2, 0) is 9.59 Å². The Balaban J connectivity index is 3.91. The average Bonchev–Trinajstić information content (AvgIpc) is 2.11. The molecule has 1 atom stereocenters. The fourth-order valence-electron chi connectivity index (χ4n) is 1.16. The highest BCUT2D eigenvalue weighted by Gasteiger charge is 2.18. The SMILES string of the molecule is CC(C)C(=O)CC[C@H](N)C(=O)C(C)C. The van der Waals surface area contributed by atoms with Gasteiger partial charge in [-0.3, -0.25) is 9.59 Å². The lowest BCUT2D eigenvalue weighted by Gasteiger charge is -2.12. The molecule has 3 heteroatoms. The van der Waals surface area contributed by atoms with E-state index >= 15 is 0 Å². The summed E-state index contributed by atoms with van der Waals surface area (Å²) in [6.45, 7) is 7.37. The molecule has 82 valence electrons. The molecule has 14 heavy (non-hydrogen) atoms. The van der Waals surface area contributed by atoms with Crippen molar-refractivity contribution in [2.24, 2.45) is 17.6 Å². The van der Waals surface area contributed by atoms with Gasteiger partial charge in [0.1, 0.15) is 5.78 Å². The van der Waals surface area contributed by atoms with Gasteiger partial charge in [0.25, 0.3) is 0 Å². The number of nitrogens with two attached hydrogens (primary N) is 1. The Morgan fingerprint density at radius 2 is 1.57 bits per heavy atom. The van der Waals surface area contributed by atoms with E-state index in [1.807, 2.05) is 27.7 Å². The number of carbonyl (C=O) groups is 2. The van der Waals surface area contributed by atoms with Crippen molar-refractivity contribution in [1.29, 1.82) is 0 Å². The van der Waals surface area contributed by atoms with Crippen molar-refractivity contribution in [3.8, 4) is 0 Å². The maximum atomic E-state index is 11.4. The summed E-state index contributed by atoms with van der Waals surface area (Å²) < 4.78 is 0. The van der Waals surface area contributed by atoms with E-state index in [1.54, 1.807) is 0 Å². The first-order chi connectivity index (χ1) is 6.36. The Kier molecular flexibility index (Phi) is 5.62. The minimum Gasteiger partial charge on any atom is -0.321 e. The molecule has 0 saturated carbocycles. The number of hydrogen-bond donors (Lipinski definition) is 1. The Labute approximate surface area is 86.1 Å². The number of rotatable bonds is 6. The standard InChI is InChI=1S/C11H21NO2/c1-7(2)10(13)6-5-9(12)11(14)8(3)4/h7-9H,5-6,12H2,1-4H3/t9-/m0/s1. The first kappa shape index (κ1) is 13.3. The molecular weight excluding hydrogens is 178 g/mol. The molecule has 0 aliphatic rings. The van der Waals surface area contributed by atoms with Gasteiger partial charge in [0.15, 0.2) is 5.78 Å². The second-order valence-corrected chi connectivity index (χ2v) is 4.32. The van der Waals surface area contributed by atoms with Gasteiger partial charge in [-0.15, -0.1) is 0 Å². The molecule has 0 amide bonds. The summed E-state index contributed by atoms with van der Waals surface area (Å²) >= 11 is 0. The van der Waals surface area contributed by atoms with E-state index in [4.69, 9.17) is 5.73 Å². The molecule has 0 aromatic carbocycles. The molecule has 0 aliphatic heterocycles. The third-order valence-electron chi connectivity index (χ3n) is 2.28. The van der Waals surface area contributed by atoms with Crippen LogP contribution in [0.4, 0.5) is 0 Å². The molecule has 0 radical (unpaired) electrons. The van der Waals surface area contributed by atoms with Gasteiger partial charge >= 0.3 is 0 Å². The van der Waals surface area contributed by atoms with Gasteiger partial charge in [0.2, 0.25) is 0 Å². The topological polar surface area (TPSA) is 60.2 Å². The summed E-state index contributed by atoms with van der Waals surface area (Å²) in [6.07, 6.45) is 0.894. The van der Waals surface area contributed by atoms with Gasteiger partial charge < -0.3 is 5.73 Å². The smallest absolute Gasteiger partial charge is 0.152 e. The molecule has 3 nitrogen and oxygen atoms in total. The van der Waals surface area contributed by atoms with Crippen LogP contribution in [0.25, 0.3) is 0 Å². The maximum Gasteiger partial charge on any atom is 0.152 e. The molecule has 2 N–H and O–H groups in total. The van der Waals surface area contributed by atoms with Crippen LogP contribution in [0.15, 0.2) is 0 Å². The van der Waals surface area contributed by atoms with Crippen LogP contribution in [-0.4, -0.2) is 17.6 Å². The van der Waals surface area contributed by atoms with Crippen LogP contribution in [0.1, 0.15) is 40.5 Å². The van der Waals surface area contributed by atoms with Crippen LogP contribution < -0.4 is 5.73 Å². The molecule has 0 aromatic heterocycles. The molecule has 0 fully saturated rings. The van der Waals surface area contributed by atoms with Crippen LogP contribution in [0.3, 0.4) is 0 Å². The zero-order chi connectivity index (χ0) is 11.3. The Bertz CT molecular complexity index is 209. The molecular formula is C11H21NO2. The van der Waals surface area contributed by atoms with Crippen molar-refractivity contribution >= 4 is 11.6 Å². The van der Waals surface area contributed by atoms with Crippen LogP contribution in [0.2, 0.25) is 0 Å². The highest BCUT2D eigenvalue weighted by molar-refractivity contribution is 5.86. The molecule has 0 rings (SSSR count). The summed E-state index contributed by atoms with van der Waals surface area (Å²) in [5.74, 6) is 0.217. The summed E-state index contributed by atoms with van der Waals surface area (Å²) in [4.78, 5) is 22.7. The molecule has 0 aliphatic carbocycles. The zero-order valence-electron chi connectivity index (χ0n) is 9.54. The molecule has 0 unspecified atom stereocenters. The quantitative estimate of drug-likeness (QED) is 0.706. The van der Waals surface area contributed by atoms with E-state index in [1.165, 1.54) is 0 Å². The highest BCUT2D eigenvalue weighted by atomic mass is 16.1. The van der Waals surface area contributed by atoms with Crippen molar-refractivity contribution < 1.29 is 9.59 Å². The van der Waals surface area contributed by atoms with Gasteiger partial charge in [-0.2, -0.15) is 0 Å². The van der Waals surface area contributed by atoms with Crippen molar-refractivity contribution in [2.45, 2.75) is 46.6 Å². The predicted octanol–water partition coefficient (Wildman–Crippen LogP) is 1.54. The fourth-order valence-corrected chi connectivity index (χ4v) is 1.16. The van der Waals surface area contributed by atoms with Gasteiger partial charge in [-0.1, -0.05) is 27.7 Å². The minimum atomic E-state index is -0.474. The third kappa shape index (κ3) is 4.51. The number of hydrogen-bond acceptors (Lipinski definition) is 3. The van der Waals surface area contributed by atoms with Crippen molar-refractivity contribution in [3.05, 3.63) is 0 Å². The van der Waals surface area contributed by atoms with E-state index in [9.17, 15) is 9.59 Å². The highest BCUT2D eigenvalue weighted by Crippen LogP contribution is 2.07. The van der Waals surface area contributed by atoms with E-state index < -0.39 is 6.04 Å². The van der Waals surface area contributed by atoms with Crippen LogP contribution in [0.5, 0.6) is 0 Å². The molecule has 0 spiro atoms. The van der Waals surface area contributed by atoms with Gasteiger partial charge in [-0.25, -0.2) is 0 Å². The maximum absolute atomic E-state index is 11.4. The zero-order valence-corrected chi connectivity index (χ0v) is 9.54. The van der Waals surface area contributed by atoms with Crippen molar-refractivity contribution in [2.75, 3.05) is 0 Å². The summed E-state index contributed by atoms with van der Waals surface area (Å²) in [7, 11) is 0. The van der Waals surface area contributed by atoms with E-state index in [0.29, 0.717) is 12.8 Å². The molecule has 0 heterocycles. The first-order valence-electron chi connectivity index (χ1n) is 5.18. The number of ketones is 2. The lowest BCUT2D eigenvalue weighted by molar-refractivity contribution is -0.124. The summed E-state index contributed by atoms with van der Waals surface area (Å²) in [6, 6.07) is -0.474. The summed E-state index contributed by atoms with van der Waals surface area (Å²) in [5, 5.41) is 0. The number of Topliss-reactive ketones (excluding diaryl/α,β-unsaturated/α-hetero) is 2. The van der Waals surface area contributed by atoms with E-state index in [-0.39, 0.29) is 23.4 Å². The predicted molar refractivity (Wildman–Crippen MR) is 56.9 cm³/mol. The van der Waals surface area contributed by atoms with Crippen LogP contribution in [0, 0.1) is 11.8 Å². The van der Waals surface area contributed by atoms with Gasteiger partial charge in [0.05, 0.1) is 6.04 Å². The first-order valence-corrected chi connectivity index (χ1v) is 5.18. The van der Waals surface area contributed by atoms with Gasteiger partial charge in [0, 0.05) is 18.3 Å². The molecule has 0 bridgehead atoms. The third-order valence-corrected chi connectivity index (χ3v) is 2.28. The Morgan fingerprint density at radius 1 is 1.07 bits per heavy atom. The minimum absolute atomic E-state index is 0.0383. The van der Waals surface area contributed by atoms with Gasteiger partial charge in [-0.05, 0) is 6.42 Å². The van der Waals surface area contributed by atoms with E-state index in [0.717, 1.165) is 0 Å². The second kappa shape index (κ2) is 5.91. The Morgan fingerprint density at radius 3 is 1.93 bits per heavy atom. The van der Waals surface area contributed by atoms with Crippen molar-refractivity contribution in [3.63, 3.8) is 0 Å². The molecule has 0 aromatic rings. The largest absolute Gasteiger partial charge is 0.321 e. The lowest BCUT2D eigenvalue weighted by Crippen LogP contribution is -2.34. The van der Waals surface area contributed by atoms with Crippen molar-refractivity contribution in [1.82, 2.24) is 0 Å². The second-order valence-electron chi connectivity index (χ2n) is 4.32. The van der Waals surface area contributed by atoms with Crippen LogP contribution >= 0.6 is 0 Å². The lowest BCUT2D eigenvalue weighted by atomic mass is 9.95. The summed E-state index contributed by atoms with van der Waals surface area (Å²) in [5.41, 5.74) is 5.66.